The van der Waals surface area contributed by atoms with Gasteiger partial charge in [-0.25, -0.2) is 0 Å². The van der Waals surface area contributed by atoms with E-state index < -0.39 is 35.8 Å². The zero-order valence-electron chi connectivity index (χ0n) is 13.9. The van der Waals surface area contributed by atoms with Gasteiger partial charge in [0.2, 0.25) is 0 Å². The highest BCUT2D eigenvalue weighted by Gasteiger charge is 2.18. The average Bonchev–Trinajstić information content (AvgIpc) is 2.60. The van der Waals surface area contributed by atoms with Crippen molar-refractivity contribution in [2.45, 2.75) is 9.79 Å². The summed E-state index contributed by atoms with van der Waals surface area (Å²) in [7, 11) is -9.12. The Hall–Kier alpha value is -3.06. The van der Waals surface area contributed by atoms with Gasteiger partial charge in [0.15, 0.2) is 0 Å². The van der Waals surface area contributed by atoms with Crippen LogP contribution in [0, 0.1) is 0 Å². The second-order valence-corrected chi connectivity index (χ2v) is 8.47. The van der Waals surface area contributed by atoms with Gasteiger partial charge in [0.1, 0.15) is 16.3 Å². The number of aromatic hydroxyl groups is 1. The lowest BCUT2D eigenvalue weighted by atomic mass is 10.1. The molecule has 0 fully saturated rings. The van der Waals surface area contributed by atoms with Crippen molar-refractivity contribution in [1.82, 2.24) is 0 Å². The van der Waals surface area contributed by atoms with E-state index in [1.807, 2.05) is 0 Å². The summed E-state index contributed by atoms with van der Waals surface area (Å²) in [6, 6.07) is 9.96. The highest BCUT2D eigenvalue weighted by molar-refractivity contribution is 7.86. The Labute approximate surface area is 159 Å². The van der Waals surface area contributed by atoms with Gasteiger partial charge in [0.25, 0.3) is 20.2 Å². The van der Waals surface area contributed by atoms with Crippen LogP contribution in [0.2, 0.25) is 0 Å². The molecule has 0 heterocycles. The van der Waals surface area contributed by atoms with Crippen molar-refractivity contribution in [3.05, 3.63) is 48.5 Å². The van der Waals surface area contributed by atoms with E-state index in [1.165, 1.54) is 30.3 Å². The van der Waals surface area contributed by atoms with E-state index in [-0.39, 0.29) is 27.8 Å². The standard InChI is InChI=1S/C16H13N3O7S2/c17-11-5-6-13(16-10(11)7-9(8-14(16)20)27(21,22)23)19-18-12-3-1-2-4-15(12)28(24,25)26/h1-8,20H,17H2,(H,21,22,23)(H,24,25,26). The number of benzene rings is 3. The third-order valence-corrected chi connectivity index (χ3v) is 5.52. The summed E-state index contributed by atoms with van der Waals surface area (Å²) in [5.74, 6) is -0.533. The van der Waals surface area contributed by atoms with Gasteiger partial charge in [-0.1, -0.05) is 12.1 Å². The number of nitrogen functional groups attached to an aromatic ring is 1. The van der Waals surface area contributed by atoms with Gasteiger partial charge in [0.05, 0.1) is 16.0 Å². The van der Waals surface area contributed by atoms with E-state index in [9.17, 15) is 31.0 Å². The third kappa shape index (κ3) is 3.80. The van der Waals surface area contributed by atoms with Crippen LogP contribution in [0.25, 0.3) is 10.8 Å². The highest BCUT2D eigenvalue weighted by atomic mass is 32.2. The first kappa shape index (κ1) is 19.7. The number of anilines is 1. The molecule has 5 N–H and O–H groups in total. The lowest BCUT2D eigenvalue weighted by Gasteiger charge is -2.09. The SMILES string of the molecule is Nc1ccc(N=Nc2ccccc2S(=O)(=O)O)c2c(O)cc(S(=O)(=O)O)cc12. The number of nitrogens with two attached hydrogens (primary N) is 1. The molecule has 0 aliphatic heterocycles. The minimum atomic E-state index is -4.59. The first-order valence-corrected chi connectivity index (χ1v) is 10.4. The van der Waals surface area contributed by atoms with Gasteiger partial charge >= 0.3 is 0 Å². The maximum Gasteiger partial charge on any atom is 0.296 e. The lowest BCUT2D eigenvalue weighted by molar-refractivity contribution is 0.471. The number of hydrogen-bond donors (Lipinski definition) is 4. The Balaban J connectivity index is 2.21. The van der Waals surface area contributed by atoms with Crippen molar-refractivity contribution in [3.8, 4) is 5.75 Å². The normalized spacial score (nSPS) is 12.6. The van der Waals surface area contributed by atoms with Crippen LogP contribution < -0.4 is 5.73 Å². The minimum absolute atomic E-state index is 0.0421. The molecule has 0 aromatic heterocycles. The number of azo groups is 1. The number of hydrogen-bond acceptors (Lipinski definition) is 8. The fourth-order valence-electron chi connectivity index (χ4n) is 2.54. The summed E-state index contributed by atoms with van der Waals surface area (Å²) in [6.07, 6.45) is 0. The van der Waals surface area contributed by atoms with Gasteiger partial charge in [-0.05, 0) is 30.3 Å². The predicted molar refractivity (Wildman–Crippen MR) is 100 cm³/mol. The molecule has 0 aliphatic carbocycles. The van der Waals surface area contributed by atoms with Crippen molar-refractivity contribution >= 4 is 48.1 Å². The van der Waals surface area contributed by atoms with Crippen molar-refractivity contribution in [3.63, 3.8) is 0 Å². The van der Waals surface area contributed by atoms with Crippen LogP contribution in [0.4, 0.5) is 17.1 Å². The van der Waals surface area contributed by atoms with Crippen LogP contribution in [0.15, 0.2) is 68.6 Å². The second kappa shape index (κ2) is 6.83. The smallest absolute Gasteiger partial charge is 0.296 e. The second-order valence-electron chi connectivity index (χ2n) is 5.66. The number of nitrogens with zero attached hydrogens (tertiary/aromatic N) is 2. The molecule has 0 saturated heterocycles. The van der Waals surface area contributed by atoms with Crippen molar-refractivity contribution in [1.29, 1.82) is 0 Å². The number of rotatable bonds is 4. The zero-order valence-corrected chi connectivity index (χ0v) is 15.5. The molecule has 0 aliphatic rings. The van der Waals surface area contributed by atoms with E-state index in [0.717, 1.165) is 18.2 Å². The van der Waals surface area contributed by atoms with Gasteiger partial charge < -0.3 is 10.8 Å². The summed E-state index contributed by atoms with van der Waals surface area (Å²) >= 11 is 0. The molecule has 3 aromatic carbocycles. The Morgan fingerprint density at radius 3 is 2.11 bits per heavy atom. The molecule has 0 spiro atoms. The van der Waals surface area contributed by atoms with Crippen LogP contribution in [-0.4, -0.2) is 31.0 Å². The molecule has 10 nitrogen and oxygen atoms in total. The summed E-state index contributed by atoms with van der Waals surface area (Å²) < 4.78 is 64.0. The highest BCUT2D eigenvalue weighted by Crippen LogP contribution is 2.39. The van der Waals surface area contributed by atoms with E-state index in [0.29, 0.717) is 0 Å². The minimum Gasteiger partial charge on any atom is -0.507 e. The van der Waals surface area contributed by atoms with Gasteiger partial charge in [0, 0.05) is 17.1 Å². The lowest BCUT2D eigenvalue weighted by Crippen LogP contribution is -1.99. The summed E-state index contributed by atoms with van der Waals surface area (Å²) in [5.41, 5.74) is 5.83. The molecular formula is C16H13N3O7S2. The van der Waals surface area contributed by atoms with Crippen LogP contribution in [-0.2, 0) is 20.2 Å². The fourth-order valence-corrected chi connectivity index (χ4v) is 3.69. The average molecular weight is 423 g/mol. The molecule has 0 amide bonds. The molecule has 28 heavy (non-hydrogen) atoms. The van der Waals surface area contributed by atoms with Gasteiger partial charge in [-0.15, -0.1) is 10.2 Å². The molecule has 0 atom stereocenters. The molecule has 146 valence electrons. The Kier molecular flexibility index (Phi) is 4.81. The third-order valence-electron chi connectivity index (χ3n) is 3.79. The van der Waals surface area contributed by atoms with Crippen LogP contribution in [0.3, 0.4) is 0 Å². The van der Waals surface area contributed by atoms with Gasteiger partial charge in [-0.2, -0.15) is 16.8 Å². The molecule has 0 saturated carbocycles. The molecule has 3 rings (SSSR count). The molecule has 0 radical (unpaired) electrons. The number of fused-ring (bicyclic) bond motifs is 1. The Morgan fingerprint density at radius 1 is 0.821 bits per heavy atom. The summed E-state index contributed by atoms with van der Waals surface area (Å²) in [6.45, 7) is 0. The van der Waals surface area contributed by atoms with Crippen molar-refractivity contribution in [2.75, 3.05) is 5.73 Å². The van der Waals surface area contributed by atoms with Crippen LogP contribution in [0.1, 0.15) is 0 Å². The zero-order chi connectivity index (χ0) is 20.7. The van der Waals surface area contributed by atoms with E-state index in [2.05, 4.69) is 10.2 Å². The quantitative estimate of drug-likeness (QED) is 0.281. The predicted octanol–water partition coefficient (Wildman–Crippen LogP) is 3.04. The van der Waals surface area contributed by atoms with Gasteiger partial charge in [-0.3, -0.25) is 9.11 Å². The maximum atomic E-state index is 11.4. The molecule has 12 heteroatoms. The van der Waals surface area contributed by atoms with Crippen molar-refractivity contribution in [2.24, 2.45) is 10.2 Å². The Bertz CT molecular complexity index is 1330. The molecule has 3 aromatic rings. The topological polar surface area (TPSA) is 180 Å². The molecule has 0 bridgehead atoms. The van der Waals surface area contributed by atoms with E-state index in [4.69, 9.17) is 5.73 Å². The van der Waals surface area contributed by atoms with E-state index >= 15 is 0 Å². The molecule has 0 unspecified atom stereocenters. The monoisotopic (exact) mass is 423 g/mol. The van der Waals surface area contributed by atoms with Crippen LogP contribution >= 0.6 is 0 Å². The number of phenols is 1. The first-order chi connectivity index (χ1) is 13.0. The summed E-state index contributed by atoms with van der Waals surface area (Å²) in [5, 5.41) is 18.1. The summed E-state index contributed by atoms with van der Waals surface area (Å²) in [4.78, 5) is -1.02. The van der Waals surface area contributed by atoms with E-state index in [1.54, 1.807) is 0 Å². The first-order valence-electron chi connectivity index (χ1n) is 7.49. The fraction of sp³-hybridized carbons (Fsp3) is 0. The van der Waals surface area contributed by atoms with Crippen molar-refractivity contribution < 1.29 is 31.0 Å². The molecular weight excluding hydrogens is 410 g/mol. The van der Waals surface area contributed by atoms with Crippen LogP contribution in [0.5, 0.6) is 5.75 Å². The largest absolute Gasteiger partial charge is 0.507 e. The number of phenolic OH excluding ortho intramolecular Hbond substituents is 1. The maximum absolute atomic E-state index is 11.4. The Morgan fingerprint density at radius 2 is 1.46 bits per heavy atom.